The van der Waals surface area contributed by atoms with Crippen LogP contribution in [0.25, 0.3) is 11.2 Å². The molecule has 0 N–H and O–H groups in total. The van der Waals surface area contributed by atoms with E-state index in [2.05, 4.69) is 22.6 Å². The van der Waals surface area contributed by atoms with Crippen LogP contribution in [-0.4, -0.2) is 14.5 Å². The third-order valence-electron chi connectivity index (χ3n) is 2.76. The van der Waals surface area contributed by atoms with Gasteiger partial charge in [0.05, 0.1) is 12.1 Å². The second-order valence-electron chi connectivity index (χ2n) is 3.97. The molecule has 0 fully saturated rings. The maximum Gasteiger partial charge on any atom is 0.178 e. The molecule has 3 nitrogen and oxygen atoms in total. The molecule has 0 atom stereocenters. The van der Waals surface area contributed by atoms with E-state index in [0.717, 1.165) is 21.7 Å². The summed E-state index contributed by atoms with van der Waals surface area (Å²) in [6.45, 7) is 0.707. The van der Waals surface area contributed by atoms with Crippen molar-refractivity contribution in [2.75, 3.05) is 0 Å². The zero-order valence-electron chi connectivity index (χ0n) is 9.42. The molecule has 3 aromatic rings. The van der Waals surface area contributed by atoms with Gasteiger partial charge >= 0.3 is 0 Å². The second-order valence-corrected chi connectivity index (χ2v) is 4.81. The minimum atomic E-state index is 0.665. The monoisotopic (exact) mass is 275 g/mol. The van der Waals surface area contributed by atoms with Crippen LogP contribution in [0.2, 0.25) is 5.02 Å². The molecule has 0 aliphatic rings. The standard InChI is InChI=1S/C13H10ClN3S/c14-10-5-3-9(4-6-10)8-17-11-2-1-7-15-12(11)16-13(17)18/h1-7H,8H2,(H,15,16,18). The van der Waals surface area contributed by atoms with E-state index in [1.807, 2.05) is 41.0 Å². The van der Waals surface area contributed by atoms with Gasteiger partial charge in [0.25, 0.3) is 0 Å². The van der Waals surface area contributed by atoms with Crippen LogP contribution in [0.5, 0.6) is 0 Å². The first-order valence-electron chi connectivity index (χ1n) is 5.49. The normalized spacial score (nSPS) is 11.0. The maximum absolute atomic E-state index is 5.88. The van der Waals surface area contributed by atoms with Crippen molar-refractivity contribution in [3.63, 3.8) is 0 Å². The summed E-state index contributed by atoms with van der Waals surface area (Å²) in [4.78, 5) is 8.53. The van der Waals surface area contributed by atoms with Gasteiger partial charge in [0.1, 0.15) is 0 Å². The Bertz CT molecular complexity index is 691. The predicted octanol–water partition coefficient (Wildman–Crippen LogP) is 3.42. The van der Waals surface area contributed by atoms with Crippen molar-refractivity contribution in [1.29, 1.82) is 0 Å². The minimum Gasteiger partial charge on any atom is -0.313 e. The fraction of sp³-hybridized carbons (Fsp3) is 0.0769. The summed E-state index contributed by atoms with van der Waals surface area (Å²) in [6, 6.07) is 11.6. The molecule has 0 spiro atoms. The maximum atomic E-state index is 5.88. The van der Waals surface area contributed by atoms with Crippen molar-refractivity contribution in [3.8, 4) is 0 Å². The second kappa shape index (κ2) is 4.63. The largest absolute Gasteiger partial charge is 0.313 e. The van der Waals surface area contributed by atoms with Crippen molar-refractivity contribution >= 4 is 35.4 Å². The molecule has 18 heavy (non-hydrogen) atoms. The van der Waals surface area contributed by atoms with Gasteiger partial charge in [-0.15, -0.1) is 12.6 Å². The van der Waals surface area contributed by atoms with E-state index in [0.29, 0.717) is 11.7 Å². The highest BCUT2D eigenvalue weighted by molar-refractivity contribution is 7.80. The van der Waals surface area contributed by atoms with Gasteiger partial charge in [0.2, 0.25) is 0 Å². The average Bonchev–Trinajstić information content (AvgIpc) is 2.69. The highest BCUT2D eigenvalue weighted by atomic mass is 35.5. The van der Waals surface area contributed by atoms with Gasteiger partial charge in [-0.05, 0) is 29.8 Å². The minimum absolute atomic E-state index is 0.665. The summed E-state index contributed by atoms with van der Waals surface area (Å²) in [5.74, 6) is 0. The number of fused-ring (bicyclic) bond motifs is 1. The molecule has 0 saturated heterocycles. The number of hydrogen-bond donors (Lipinski definition) is 1. The smallest absolute Gasteiger partial charge is 0.178 e. The molecule has 0 unspecified atom stereocenters. The van der Waals surface area contributed by atoms with Gasteiger partial charge in [-0.1, -0.05) is 23.7 Å². The van der Waals surface area contributed by atoms with Crippen LogP contribution >= 0.6 is 24.2 Å². The molecule has 2 aromatic heterocycles. The lowest BCUT2D eigenvalue weighted by Gasteiger charge is -2.06. The molecule has 0 amide bonds. The number of thiol groups is 1. The van der Waals surface area contributed by atoms with Crippen LogP contribution in [0.3, 0.4) is 0 Å². The Balaban J connectivity index is 2.04. The van der Waals surface area contributed by atoms with Crippen molar-refractivity contribution < 1.29 is 0 Å². The molecular formula is C13H10ClN3S. The third-order valence-corrected chi connectivity index (χ3v) is 3.35. The van der Waals surface area contributed by atoms with Crippen LogP contribution < -0.4 is 0 Å². The van der Waals surface area contributed by atoms with E-state index < -0.39 is 0 Å². The number of pyridine rings is 1. The lowest BCUT2D eigenvalue weighted by atomic mass is 10.2. The summed E-state index contributed by atoms with van der Waals surface area (Å²) < 4.78 is 2.02. The molecule has 1 aromatic carbocycles. The Labute approximate surface area is 115 Å². The lowest BCUT2D eigenvalue weighted by molar-refractivity contribution is 0.734. The summed E-state index contributed by atoms with van der Waals surface area (Å²) in [6.07, 6.45) is 1.73. The van der Waals surface area contributed by atoms with E-state index in [-0.39, 0.29) is 0 Å². The van der Waals surface area contributed by atoms with E-state index in [1.165, 1.54) is 0 Å². The van der Waals surface area contributed by atoms with Crippen molar-refractivity contribution in [3.05, 3.63) is 53.2 Å². The van der Waals surface area contributed by atoms with Crippen molar-refractivity contribution in [2.45, 2.75) is 11.7 Å². The zero-order chi connectivity index (χ0) is 12.5. The molecule has 0 radical (unpaired) electrons. The number of nitrogens with zero attached hydrogens (tertiary/aromatic N) is 3. The summed E-state index contributed by atoms with van der Waals surface area (Å²) in [5, 5.41) is 1.40. The molecule has 0 saturated carbocycles. The number of hydrogen-bond acceptors (Lipinski definition) is 3. The topological polar surface area (TPSA) is 30.7 Å². The molecular weight excluding hydrogens is 266 g/mol. The average molecular weight is 276 g/mol. The van der Waals surface area contributed by atoms with Crippen LogP contribution in [0.15, 0.2) is 47.8 Å². The Hall–Kier alpha value is -1.52. The number of aromatic nitrogens is 3. The fourth-order valence-corrected chi connectivity index (χ4v) is 2.28. The van der Waals surface area contributed by atoms with Gasteiger partial charge in [-0.3, -0.25) is 0 Å². The van der Waals surface area contributed by atoms with Crippen LogP contribution in [0.4, 0.5) is 0 Å². The summed E-state index contributed by atoms with van der Waals surface area (Å²) in [5.41, 5.74) is 2.85. The van der Waals surface area contributed by atoms with E-state index in [9.17, 15) is 0 Å². The van der Waals surface area contributed by atoms with E-state index in [1.54, 1.807) is 6.20 Å². The Morgan fingerprint density at radius 1 is 1.17 bits per heavy atom. The first-order chi connectivity index (χ1) is 8.74. The van der Waals surface area contributed by atoms with Crippen LogP contribution in [0.1, 0.15) is 5.56 Å². The highest BCUT2D eigenvalue weighted by Gasteiger charge is 2.08. The van der Waals surface area contributed by atoms with Crippen LogP contribution in [0, 0.1) is 0 Å². The quantitative estimate of drug-likeness (QED) is 0.727. The molecule has 0 aliphatic carbocycles. The molecule has 90 valence electrons. The lowest BCUT2D eigenvalue weighted by Crippen LogP contribution is -2.00. The molecule has 0 aliphatic heterocycles. The highest BCUT2D eigenvalue weighted by Crippen LogP contribution is 2.19. The zero-order valence-corrected chi connectivity index (χ0v) is 11.1. The van der Waals surface area contributed by atoms with E-state index >= 15 is 0 Å². The fourth-order valence-electron chi connectivity index (χ4n) is 1.88. The number of rotatable bonds is 2. The molecule has 3 rings (SSSR count). The third kappa shape index (κ3) is 2.09. The Morgan fingerprint density at radius 2 is 1.94 bits per heavy atom. The van der Waals surface area contributed by atoms with Crippen LogP contribution in [-0.2, 0) is 6.54 Å². The first kappa shape index (κ1) is 11.6. The Kier molecular flexibility index (Phi) is 2.97. The van der Waals surface area contributed by atoms with Crippen molar-refractivity contribution in [1.82, 2.24) is 14.5 Å². The Morgan fingerprint density at radius 3 is 2.72 bits per heavy atom. The first-order valence-corrected chi connectivity index (χ1v) is 6.31. The van der Waals surface area contributed by atoms with Gasteiger partial charge in [0.15, 0.2) is 10.8 Å². The van der Waals surface area contributed by atoms with Gasteiger partial charge in [-0.2, -0.15) is 0 Å². The number of imidazole rings is 1. The molecule has 0 bridgehead atoms. The van der Waals surface area contributed by atoms with Gasteiger partial charge < -0.3 is 4.57 Å². The molecule has 2 heterocycles. The number of halogens is 1. The predicted molar refractivity (Wildman–Crippen MR) is 75.3 cm³/mol. The summed E-state index contributed by atoms with van der Waals surface area (Å²) >= 11 is 10.3. The SMILES string of the molecule is Sc1nc2ncccc2n1Cc1ccc(Cl)cc1. The van der Waals surface area contributed by atoms with Crippen molar-refractivity contribution in [2.24, 2.45) is 0 Å². The van der Waals surface area contributed by atoms with E-state index in [4.69, 9.17) is 11.6 Å². The van der Waals surface area contributed by atoms with Gasteiger partial charge in [0, 0.05) is 11.2 Å². The molecule has 5 heteroatoms. The summed E-state index contributed by atoms with van der Waals surface area (Å²) in [7, 11) is 0. The number of benzene rings is 1. The van der Waals surface area contributed by atoms with Gasteiger partial charge in [-0.25, -0.2) is 9.97 Å².